The van der Waals surface area contributed by atoms with Crippen molar-refractivity contribution in [2.45, 2.75) is 19.5 Å². The van der Waals surface area contributed by atoms with Gasteiger partial charge in [0.15, 0.2) is 11.6 Å². The van der Waals surface area contributed by atoms with Crippen LogP contribution in [-0.2, 0) is 16.1 Å². The number of amides is 1. The fourth-order valence-corrected chi connectivity index (χ4v) is 3.56. The van der Waals surface area contributed by atoms with Crippen molar-refractivity contribution < 1.29 is 9.53 Å². The molecule has 0 saturated carbocycles. The van der Waals surface area contributed by atoms with Crippen molar-refractivity contribution in [3.8, 4) is 11.4 Å². The highest BCUT2D eigenvalue weighted by Crippen LogP contribution is 2.27. The summed E-state index contributed by atoms with van der Waals surface area (Å²) in [6, 6.07) is 10.2. The number of nitrogens with zero attached hydrogens (tertiary/aromatic N) is 5. The van der Waals surface area contributed by atoms with Gasteiger partial charge in [-0.05, 0) is 6.92 Å². The maximum atomic E-state index is 12.7. The Labute approximate surface area is 147 Å². The molecule has 0 bridgehead atoms. The van der Waals surface area contributed by atoms with Gasteiger partial charge in [0.2, 0.25) is 5.91 Å². The van der Waals surface area contributed by atoms with Gasteiger partial charge < -0.3 is 14.2 Å². The molecule has 1 atom stereocenters. The number of hydrogen-bond donors (Lipinski definition) is 0. The van der Waals surface area contributed by atoms with Gasteiger partial charge >= 0.3 is 0 Å². The van der Waals surface area contributed by atoms with Crippen LogP contribution in [0.1, 0.15) is 18.8 Å². The van der Waals surface area contributed by atoms with Crippen LogP contribution in [0.4, 0.5) is 0 Å². The van der Waals surface area contributed by atoms with Crippen molar-refractivity contribution in [1.82, 2.24) is 24.6 Å². The van der Waals surface area contributed by atoms with Gasteiger partial charge in [-0.3, -0.25) is 9.69 Å². The van der Waals surface area contributed by atoms with Crippen molar-refractivity contribution in [2.75, 3.05) is 39.4 Å². The first kappa shape index (κ1) is 16.2. The van der Waals surface area contributed by atoms with Gasteiger partial charge in [-0.25, -0.2) is 0 Å². The molecule has 7 heteroatoms. The van der Waals surface area contributed by atoms with Crippen LogP contribution in [0.3, 0.4) is 0 Å². The smallest absolute Gasteiger partial charge is 0.237 e. The molecule has 4 rings (SSSR count). The first-order chi connectivity index (χ1) is 12.2. The normalized spacial score (nSPS) is 21.2. The van der Waals surface area contributed by atoms with Crippen LogP contribution in [0.25, 0.3) is 11.4 Å². The maximum Gasteiger partial charge on any atom is 0.237 e. The van der Waals surface area contributed by atoms with E-state index in [0.29, 0.717) is 32.8 Å². The van der Waals surface area contributed by atoms with Crippen LogP contribution in [-0.4, -0.2) is 69.9 Å². The van der Waals surface area contributed by atoms with Gasteiger partial charge in [0, 0.05) is 25.2 Å². The van der Waals surface area contributed by atoms with E-state index < -0.39 is 0 Å². The quantitative estimate of drug-likeness (QED) is 0.839. The van der Waals surface area contributed by atoms with E-state index in [1.54, 1.807) is 0 Å². The Morgan fingerprint density at radius 1 is 1.20 bits per heavy atom. The lowest BCUT2D eigenvalue weighted by atomic mass is 10.1. The minimum absolute atomic E-state index is 0.155. The van der Waals surface area contributed by atoms with Gasteiger partial charge in [0.1, 0.15) is 0 Å². The van der Waals surface area contributed by atoms with E-state index in [0.717, 1.165) is 30.3 Å². The second-order valence-electron chi connectivity index (χ2n) is 6.69. The van der Waals surface area contributed by atoms with E-state index in [1.807, 2.05) is 35.2 Å². The van der Waals surface area contributed by atoms with Gasteiger partial charge in [0.25, 0.3) is 0 Å². The number of fused-ring (bicyclic) bond motifs is 1. The molecule has 1 aromatic carbocycles. The number of benzene rings is 1. The number of aromatic nitrogens is 3. The highest BCUT2D eigenvalue weighted by atomic mass is 16.5. The second-order valence-corrected chi connectivity index (χ2v) is 6.69. The molecule has 0 aliphatic carbocycles. The third kappa shape index (κ3) is 3.29. The first-order valence-corrected chi connectivity index (χ1v) is 8.79. The lowest BCUT2D eigenvalue weighted by Gasteiger charge is -2.34. The van der Waals surface area contributed by atoms with Crippen molar-refractivity contribution in [3.05, 3.63) is 36.2 Å². The summed E-state index contributed by atoms with van der Waals surface area (Å²) in [7, 11) is 0. The third-order valence-electron chi connectivity index (χ3n) is 4.87. The van der Waals surface area contributed by atoms with E-state index in [-0.39, 0.29) is 11.9 Å². The fraction of sp³-hybridized carbons (Fsp3) is 0.500. The Hall–Kier alpha value is -2.25. The zero-order chi connectivity index (χ0) is 17.2. The van der Waals surface area contributed by atoms with E-state index in [4.69, 9.17) is 4.74 Å². The number of carbonyl (C=O) groups is 1. The molecule has 1 aromatic heterocycles. The van der Waals surface area contributed by atoms with Gasteiger partial charge in [-0.1, -0.05) is 30.3 Å². The minimum atomic E-state index is 0.155. The topological polar surface area (TPSA) is 63.5 Å². The Bertz CT molecular complexity index is 739. The summed E-state index contributed by atoms with van der Waals surface area (Å²) < 4.78 is 7.51. The SMILES string of the molecule is C[C@H]1CN(C(=O)CN2CCOCC2)Cc2nnc(-c3ccccc3)n21. The summed E-state index contributed by atoms with van der Waals surface area (Å²) in [6.07, 6.45) is 0. The molecule has 3 heterocycles. The molecule has 0 N–H and O–H groups in total. The van der Waals surface area contributed by atoms with Crippen LogP contribution in [0.2, 0.25) is 0 Å². The van der Waals surface area contributed by atoms with Crippen molar-refractivity contribution >= 4 is 5.91 Å². The number of carbonyl (C=O) groups excluding carboxylic acids is 1. The summed E-state index contributed by atoms with van der Waals surface area (Å²) in [5, 5.41) is 8.72. The molecule has 2 aromatic rings. The van der Waals surface area contributed by atoms with E-state index >= 15 is 0 Å². The molecule has 132 valence electrons. The second kappa shape index (κ2) is 6.93. The standard InChI is InChI=1S/C18H23N5O2/c1-14-11-22(17(24)13-21-7-9-25-10-8-21)12-16-19-20-18(23(14)16)15-5-3-2-4-6-15/h2-6,14H,7-13H2,1H3/t14-/m0/s1. The van der Waals surface area contributed by atoms with Crippen molar-refractivity contribution in [1.29, 1.82) is 0 Å². The van der Waals surface area contributed by atoms with Gasteiger partial charge in [0.05, 0.1) is 32.3 Å². The summed E-state index contributed by atoms with van der Waals surface area (Å²) in [5.74, 6) is 1.89. The average molecular weight is 341 g/mol. The van der Waals surface area contributed by atoms with Gasteiger partial charge in [-0.15, -0.1) is 10.2 Å². The average Bonchev–Trinajstić information content (AvgIpc) is 3.08. The molecule has 0 radical (unpaired) electrons. The molecule has 2 aliphatic rings. The highest BCUT2D eigenvalue weighted by Gasteiger charge is 2.30. The lowest BCUT2D eigenvalue weighted by molar-refractivity contribution is -0.135. The number of rotatable bonds is 3. The molecule has 0 unspecified atom stereocenters. The Morgan fingerprint density at radius 3 is 2.72 bits per heavy atom. The molecular formula is C18H23N5O2. The summed E-state index contributed by atoms with van der Waals surface area (Å²) in [5.41, 5.74) is 1.06. The zero-order valence-electron chi connectivity index (χ0n) is 14.5. The van der Waals surface area contributed by atoms with Crippen LogP contribution in [0.15, 0.2) is 30.3 Å². The van der Waals surface area contributed by atoms with Crippen LogP contribution in [0, 0.1) is 0 Å². The number of hydrogen-bond acceptors (Lipinski definition) is 5. The monoisotopic (exact) mass is 341 g/mol. The molecule has 7 nitrogen and oxygen atoms in total. The molecule has 25 heavy (non-hydrogen) atoms. The fourth-order valence-electron chi connectivity index (χ4n) is 3.56. The molecule has 1 amide bonds. The molecule has 1 fully saturated rings. The van der Waals surface area contributed by atoms with Crippen molar-refractivity contribution in [2.24, 2.45) is 0 Å². The molecule has 2 aliphatic heterocycles. The maximum absolute atomic E-state index is 12.7. The largest absolute Gasteiger partial charge is 0.379 e. The summed E-state index contributed by atoms with van der Waals surface area (Å²) in [4.78, 5) is 16.7. The first-order valence-electron chi connectivity index (χ1n) is 8.79. The Balaban J connectivity index is 1.50. The summed E-state index contributed by atoms with van der Waals surface area (Å²) in [6.45, 7) is 6.84. The Kier molecular flexibility index (Phi) is 4.50. The van der Waals surface area contributed by atoms with Crippen molar-refractivity contribution in [3.63, 3.8) is 0 Å². The third-order valence-corrected chi connectivity index (χ3v) is 4.87. The highest BCUT2D eigenvalue weighted by molar-refractivity contribution is 5.78. The van der Waals surface area contributed by atoms with Gasteiger partial charge in [-0.2, -0.15) is 0 Å². The van der Waals surface area contributed by atoms with E-state index in [2.05, 4.69) is 26.6 Å². The van der Waals surface area contributed by atoms with Crippen LogP contribution >= 0.6 is 0 Å². The summed E-state index contributed by atoms with van der Waals surface area (Å²) >= 11 is 0. The van der Waals surface area contributed by atoms with E-state index in [1.165, 1.54) is 0 Å². The predicted octanol–water partition coefficient (Wildman–Crippen LogP) is 1.18. The Morgan fingerprint density at radius 2 is 1.96 bits per heavy atom. The molecule has 1 saturated heterocycles. The van der Waals surface area contributed by atoms with E-state index in [9.17, 15) is 4.79 Å². The minimum Gasteiger partial charge on any atom is -0.379 e. The molecular weight excluding hydrogens is 318 g/mol. The zero-order valence-corrected chi connectivity index (χ0v) is 14.5. The van der Waals surface area contributed by atoms with Crippen LogP contribution in [0.5, 0.6) is 0 Å². The predicted molar refractivity (Wildman–Crippen MR) is 92.8 cm³/mol. The number of morpholine rings is 1. The number of ether oxygens (including phenoxy) is 1. The molecule has 0 spiro atoms. The van der Waals surface area contributed by atoms with Crippen LogP contribution < -0.4 is 0 Å². The lowest BCUT2D eigenvalue weighted by Crippen LogP contribution is -2.47.